The largest absolute Gasteiger partial charge is 0.326 e. The van der Waals surface area contributed by atoms with Crippen LogP contribution in [0.25, 0.3) is 11.0 Å². The highest BCUT2D eigenvalue weighted by Crippen LogP contribution is 2.25. The van der Waals surface area contributed by atoms with Gasteiger partial charge in [0.25, 0.3) is 0 Å². The van der Waals surface area contributed by atoms with Crippen molar-refractivity contribution in [1.82, 2.24) is 14.5 Å². The molecule has 1 aliphatic heterocycles. The lowest BCUT2D eigenvalue weighted by atomic mass is 9.97. The van der Waals surface area contributed by atoms with Crippen LogP contribution < -0.4 is 5.32 Å². The zero-order valence-corrected chi connectivity index (χ0v) is 17.7. The first-order valence-electron chi connectivity index (χ1n) is 10.3. The molecule has 2 aromatic carbocycles. The number of halogens is 1. The number of hydrogen-bond acceptors (Lipinski definition) is 3. The highest BCUT2D eigenvalue weighted by atomic mass is 35.5. The fourth-order valence-electron chi connectivity index (χ4n) is 4.21. The van der Waals surface area contributed by atoms with E-state index < -0.39 is 0 Å². The molecule has 3 aromatic rings. The molecule has 6 heteroatoms. The van der Waals surface area contributed by atoms with Gasteiger partial charge in [-0.15, -0.1) is 0 Å². The number of likely N-dealkylation sites (tertiary alicyclic amines) is 1. The zero-order chi connectivity index (χ0) is 20.4. The Bertz CT molecular complexity index is 1010. The van der Waals surface area contributed by atoms with Crippen molar-refractivity contribution in [1.29, 1.82) is 0 Å². The van der Waals surface area contributed by atoms with Gasteiger partial charge in [0, 0.05) is 23.3 Å². The third-order valence-corrected chi connectivity index (χ3v) is 5.75. The maximum Gasteiger partial charge on any atom is 0.228 e. The standard InChI is InChI=1S/C23H27ClN4O/c1-16(2)28-21-11-4-3-10-20(21)26-22(28)15-27-12-6-7-17(14-27)23(29)25-19-9-5-8-18(24)13-19/h3-5,8-11,13,16-17H,6-7,12,14-15H2,1-2H3,(H,25,29)/t17-/m0/s1. The average Bonchev–Trinajstić information content (AvgIpc) is 3.06. The minimum Gasteiger partial charge on any atom is -0.326 e. The number of amides is 1. The Labute approximate surface area is 176 Å². The molecule has 2 heterocycles. The Hall–Kier alpha value is -2.37. The van der Waals surface area contributed by atoms with Crippen molar-refractivity contribution in [2.75, 3.05) is 18.4 Å². The van der Waals surface area contributed by atoms with Crippen molar-refractivity contribution in [3.8, 4) is 0 Å². The summed E-state index contributed by atoms with van der Waals surface area (Å²) < 4.78 is 2.31. The molecular weight excluding hydrogens is 384 g/mol. The lowest BCUT2D eigenvalue weighted by molar-refractivity contribution is -0.121. The number of benzene rings is 2. The number of hydrogen-bond donors (Lipinski definition) is 1. The molecule has 1 atom stereocenters. The number of imidazole rings is 1. The molecule has 1 aliphatic rings. The quantitative estimate of drug-likeness (QED) is 0.635. The second-order valence-corrected chi connectivity index (χ2v) is 8.49. The van der Waals surface area contributed by atoms with Crippen LogP contribution >= 0.6 is 11.6 Å². The highest BCUT2D eigenvalue weighted by Gasteiger charge is 2.27. The van der Waals surface area contributed by atoms with Gasteiger partial charge in [0.1, 0.15) is 5.82 Å². The van der Waals surface area contributed by atoms with Crippen LogP contribution in [0, 0.1) is 5.92 Å². The SMILES string of the molecule is CC(C)n1c(CN2CCC[C@H](C(=O)Nc3cccc(Cl)c3)C2)nc2ccccc21. The first kappa shape index (κ1) is 19.9. The normalized spacial score (nSPS) is 17.7. The number of nitrogens with one attached hydrogen (secondary N) is 1. The van der Waals surface area contributed by atoms with Crippen molar-refractivity contribution in [3.63, 3.8) is 0 Å². The molecule has 0 spiro atoms. The van der Waals surface area contributed by atoms with E-state index in [1.807, 2.05) is 18.2 Å². The predicted molar refractivity (Wildman–Crippen MR) is 118 cm³/mol. The second kappa shape index (κ2) is 8.56. The fraction of sp³-hybridized carbons (Fsp3) is 0.391. The van der Waals surface area contributed by atoms with E-state index in [1.165, 1.54) is 5.52 Å². The molecule has 0 aliphatic carbocycles. The Morgan fingerprint density at radius 3 is 2.86 bits per heavy atom. The molecule has 0 radical (unpaired) electrons. The summed E-state index contributed by atoms with van der Waals surface area (Å²) in [5.41, 5.74) is 2.95. The van der Waals surface area contributed by atoms with Gasteiger partial charge >= 0.3 is 0 Å². The first-order chi connectivity index (χ1) is 14.0. The molecule has 1 fully saturated rings. The molecule has 0 unspecified atom stereocenters. The molecule has 1 N–H and O–H groups in total. The van der Waals surface area contributed by atoms with Crippen LogP contribution in [-0.4, -0.2) is 33.4 Å². The van der Waals surface area contributed by atoms with Crippen LogP contribution in [0.2, 0.25) is 5.02 Å². The summed E-state index contributed by atoms with van der Waals surface area (Å²) in [6, 6.07) is 15.9. The van der Waals surface area contributed by atoms with E-state index in [9.17, 15) is 4.79 Å². The number of anilines is 1. The van der Waals surface area contributed by atoms with E-state index in [0.29, 0.717) is 11.1 Å². The number of nitrogens with zero attached hydrogens (tertiary/aromatic N) is 3. The van der Waals surface area contributed by atoms with E-state index in [2.05, 4.69) is 46.8 Å². The number of fused-ring (bicyclic) bond motifs is 1. The second-order valence-electron chi connectivity index (χ2n) is 8.05. The van der Waals surface area contributed by atoms with Crippen LogP contribution in [0.15, 0.2) is 48.5 Å². The smallest absolute Gasteiger partial charge is 0.228 e. The number of aromatic nitrogens is 2. The van der Waals surface area contributed by atoms with Gasteiger partial charge in [-0.25, -0.2) is 4.98 Å². The van der Waals surface area contributed by atoms with Crippen LogP contribution in [0.4, 0.5) is 5.69 Å². The van der Waals surface area contributed by atoms with Crippen molar-refractivity contribution in [2.24, 2.45) is 5.92 Å². The Balaban J connectivity index is 1.47. The molecular formula is C23H27ClN4O. The highest BCUT2D eigenvalue weighted by molar-refractivity contribution is 6.30. The molecule has 1 saturated heterocycles. The molecule has 29 heavy (non-hydrogen) atoms. The van der Waals surface area contributed by atoms with Crippen molar-refractivity contribution >= 4 is 34.2 Å². The van der Waals surface area contributed by atoms with Gasteiger partial charge in [-0.05, 0) is 63.6 Å². The monoisotopic (exact) mass is 410 g/mol. The molecule has 0 saturated carbocycles. The molecule has 4 rings (SSSR count). The lowest BCUT2D eigenvalue weighted by Crippen LogP contribution is -2.40. The Kier molecular flexibility index (Phi) is 5.88. The summed E-state index contributed by atoms with van der Waals surface area (Å²) in [5, 5.41) is 3.64. The van der Waals surface area contributed by atoms with Crippen molar-refractivity contribution in [2.45, 2.75) is 39.3 Å². The van der Waals surface area contributed by atoms with Gasteiger partial charge in [-0.2, -0.15) is 0 Å². The minimum absolute atomic E-state index is 0.0281. The van der Waals surface area contributed by atoms with Crippen LogP contribution in [0.5, 0.6) is 0 Å². The van der Waals surface area contributed by atoms with Gasteiger partial charge in [0.2, 0.25) is 5.91 Å². The molecule has 1 aromatic heterocycles. The van der Waals surface area contributed by atoms with E-state index in [4.69, 9.17) is 16.6 Å². The number of carbonyl (C=O) groups is 1. The van der Waals surface area contributed by atoms with Crippen LogP contribution in [0.1, 0.15) is 38.6 Å². The van der Waals surface area contributed by atoms with Gasteiger partial charge in [-0.3, -0.25) is 9.69 Å². The van der Waals surface area contributed by atoms with Gasteiger partial charge in [0.15, 0.2) is 0 Å². The van der Waals surface area contributed by atoms with E-state index in [1.54, 1.807) is 12.1 Å². The third kappa shape index (κ3) is 4.46. The summed E-state index contributed by atoms with van der Waals surface area (Å²) >= 11 is 6.03. The fourth-order valence-corrected chi connectivity index (χ4v) is 4.40. The number of para-hydroxylation sites is 2. The summed E-state index contributed by atoms with van der Waals surface area (Å²) in [7, 11) is 0. The maximum atomic E-state index is 12.8. The molecule has 5 nitrogen and oxygen atoms in total. The van der Waals surface area contributed by atoms with Crippen LogP contribution in [-0.2, 0) is 11.3 Å². The van der Waals surface area contributed by atoms with Crippen molar-refractivity contribution < 1.29 is 4.79 Å². The minimum atomic E-state index is -0.0281. The van der Waals surface area contributed by atoms with Crippen molar-refractivity contribution in [3.05, 3.63) is 59.4 Å². The number of rotatable bonds is 5. The average molecular weight is 411 g/mol. The van der Waals surface area contributed by atoms with E-state index >= 15 is 0 Å². The van der Waals surface area contributed by atoms with Gasteiger partial charge in [0.05, 0.1) is 23.5 Å². The number of carbonyl (C=O) groups excluding carboxylic acids is 1. The summed E-state index contributed by atoms with van der Waals surface area (Å²) in [4.78, 5) is 20.0. The van der Waals surface area contributed by atoms with Crippen LogP contribution in [0.3, 0.4) is 0 Å². The third-order valence-electron chi connectivity index (χ3n) is 5.52. The summed E-state index contributed by atoms with van der Waals surface area (Å²) in [6.45, 7) is 6.87. The van der Waals surface area contributed by atoms with E-state index in [-0.39, 0.29) is 11.8 Å². The Morgan fingerprint density at radius 2 is 2.07 bits per heavy atom. The Morgan fingerprint density at radius 1 is 1.24 bits per heavy atom. The van der Waals surface area contributed by atoms with Gasteiger partial charge < -0.3 is 9.88 Å². The van der Waals surface area contributed by atoms with Gasteiger partial charge in [-0.1, -0.05) is 29.8 Å². The zero-order valence-electron chi connectivity index (χ0n) is 16.9. The molecule has 1 amide bonds. The summed E-state index contributed by atoms with van der Waals surface area (Å²) in [6.07, 6.45) is 1.92. The maximum absolute atomic E-state index is 12.8. The first-order valence-corrected chi connectivity index (χ1v) is 10.6. The summed E-state index contributed by atoms with van der Waals surface area (Å²) in [5.74, 6) is 1.10. The molecule has 0 bridgehead atoms. The van der Waals surface area contributed by atoms with E-state index in [0.717, 1.165) is 49.5 Å². The predicted octanol–water partition coefficient (Wildman–Crippen LogP) is 5.12. The lowest BCUT2D eigenvalue weighted by Gasteiger charge is -2.32. The molecule has 152 valence electrons. The topological polar surface area (TPSA) is 50.2 Å². The number of piperidine rings is 1.